The van der Waals surface area contributed by atoms with Gasteiger partial charge in [0.2, 0.25) is 0 Å². The minimum absolute atomic E-state index is 0.298. The Balaban J connectivity index is 2.33. The Morgan fingerprint density at radius 3 is 2.52 bits per heavy atom. The summed E-state index contributed by atoms with van der Waals surface area (Å²) < 4.78 is 0. The van der Waals surface area contributed by atoms with Crippen molar-refractivity contribution < 1.29 is 0 Å². The first-order valence-corrected chi connectivity index (χ1v) is 7.78. The zero-order valence-corrected chi connectivity index (χ0v) is 13.2. The van der Waals surface area contributed by atoms with Crippen molar-refractivity contribution in [1.82, 2.24) is 10.3 Å². The molecule has 3 nitrogen and oxygen atoms in total. The van der Waals surface area contributed by atoms with Gasteiger partial charge in [0.15, 0.2) is 0 Å². The fourth-order valence-electron chi connectivity index (χ4n) is 2.51. The minimum Gasteiger partial charge on any atom is -0.326 e. The topological polar surface area (TPSA) is 28.2 Å². The fraction of sp³-hybridized carbons (Fsp3) is 0.389. The largest absolute Gasteiger partial charge is 0.326 e. The maximum Gasteiger partial charge on any atom is 0.137 e. The summed E-state index contributed by atoms with van der Waals surface area (Å²) in [5.41, 5.74) is 2.43. The van der Waals surface area contributed by atoms with Crippen molar-refractivity contribution in [2.45, 2.75) is 33.2 Å². The van der Waals surface area contributed by atoms with Gasteiger partial charge in [-0.1, -0.05) is 31.2 Å². The molecular formula is C18H25N3. The van der Waals surface area contributed by atoms with Crippen molar-refractivity contribution in [3.05, 3.63) is 54.2 Å². The molecule has 0 bridgehead atoms. The maximum atomic E-state index is 4.64. The quantitative estimate of drug-likeness (QED) is 0.821. The highest BCUT2D eigenvalue weighted by molar-refractivity contribution is 5.63. The number of hydrogen-bond acceptors (Lipinski definition) is 3. The molecule has 1 N–H and O–H groups in total. The first kappa shape index (κ1) is 15.5. The van der Waals surface area contributed by atoms with Gasteiger partial charge in [-0.3, -0.25) is 0 Å². The van der Waals surface area contributed by atoms with Gasteiger partial charge in [-0.15, -0.1) is 0 Å². The van der Waals surface area contributed by atoms with Crippen molar-refractivity contribution in [2.24, 2.45) is 0 Å². The van der Waals surface area contributed by atoms with Crippen molar-refractivity contribution in [1.29, 1.82) is 0 Å². The lowest BCUT2D eigenvalue weighted by Crippen LogP contribution is -2.24. The summed E-state index contributed by atoms with van der Waals surface area (Å²) in [5.74, 6) is 1.04. The van der Waals surface area contributed by atoms with Crippen LogP contribution in [0.25, 0.3) is 0 Å². The number of anilines is 2. The number of nitrogens with zero attached hydrogens (tertiary/aromatic N) is 2. The Bertz CT molecular complexity index is 539. The number of para-hydroxylation sites is 1. The normalized spacial score (nSPS) is 12.1. The fourth-order valence-corrected chi connectivity index (χ4v) is 2.51. The summed E-state index contributed by atoms with van der Waals surface area (Å²) in [6, 6.07) is 14.9. The third-order valence-electron chi connectivity index (χ3n) is 3.62. The second-order valence-corrected chi connectivity index (χ2v) is 5.17. The Labute approximate surface area is 128 Å². The number of aromatic nitrogens is 1. The number of hydrogen-bond donors (Lipinski definition) is 1. The SMILES string of the molecule is CCCNC(C)c1cccnc1N(CC)c1ccccc1. The van der Waals surface area contributed by atoms with E-state index in [0.717, 1.165) is 25.3 Å². The van der Waals surface area contributed by atoms with Crippen LogP contribution in [0.1, 0.15) is 38.8 Å². The van der Waals surface area contributed by atoms with Gasteiger partial charge in [-0.25, -0.2) is 4.98 Å². The Hall–Kier alpha value is -1.87. The predicted molar refractivity (Wildman–Crippen MR) is 90.1 cm³/mol. The highest BCUT2D eigenvalue weighted by Crippen LogP contribution is 2.29. The molecule has 0 aliphatic heterocycles. The van der Waals surface area contributed by atoms with Crippen LogP contribution in [0.4, 0.5) is 11.5 Å². The zero-order chi connectivity index (χ0) is 15.1. The van der Waals surface area contributed by atoms with Crippen molar-refractivity contribution in [2.75, 3.05) is 18.0 Å². The van der Waals surface area contributed by atoms with E-state index in [1.165, 1.54) is 11.3 Å². The van der Waals surface area contributed by atoms with E-state index in [1.807, 2.05) is 18.3 Å². The van der Waals surface area contributed by atoms with Crippen molar-refractivity contribution >= 4 is 11.5 Å². The lowest BCUT2D eigenvalue weighted by molar-refractivity contribution is 0.569. The molecule has 0 aliphatic carbocycles. The molecule has 0 aliphatic rings. The molecule has 2 aromatic rings. The van der Waals surface area contributed by atoms with Gasteiger partial charge in [0.1, 0.15) is 5.82 Å². The standard InChI is InChI=1S/C18H25N3/c1-4-13-19-15(3)17-12-9-14-20-18(17)21(5-2)16-10-7-6-8-11-16/h6-12,14-15,19H,4-5,13H2,1-3H3. The molecule has 112 valence electrons. The predicted octanol–water partition coefficient (Wildman–Crippen LogP) is 4.30. The molecule has 0 spiro atoms. The van der Waals surface area contributed by atoms with E-state index in [4.69, 9.17) is 0 Å². The van der Waals surface area contributed by atoms with Crippen LogP contribution in [-0.4, -0.2) is 18.1 Å². The lowest BCUT2D eigenvalue weighted by Gasteiger charge is -2.27. The van der Waals surface area contributed by atoms with Gasteiger partial charge in [0.25, 0.3) is 0 Å². The van der Waals surface area contributed by atoms with Crippen LogP contribution in [-0.2, 0) is 0 Å². The van der Waals surface area contributed by atoms with E-state index in [-0.39, 0.29) is 0 Å². The van der Waals surface area contributed by atoms with Crippen LogP contribution in [0.3, 0.4) is 0 Å². The summed E-state index contributed by atoms with van der Waals surface area (Å²) in [5, 5.41) is 3.55. The highest BCUT2D eigenvalue weighted by Gasteiger charge is 2.16. The summed E-state index contributed by atoms with van der Waals surface area (Å²) in [4.78, 5) is 6.90. The molecule has 0 saturated heterocycles. The molecule has 0 fully saturated rings. The molecule has 1 aromatic heterocycles. The molecule has 0 radical (unpaired) electrons. The van der Waals surface area contributed by atoms with E-state index in [9.17, 15) is 0 Å². The molecule has 21 heavy (non-hydrogen) atoms. The number of pyridine rings is 1. The van der Waals surface area contributed by atoms with Crippen molar-refractivity contribution in [3.8, 4) is 0 Å². The smallest absolute Gasteiger partial charge is 0.137 e. The Kier molecular flexibility index (Phi) is 5.76. The molecule has 1 unspecified atom stereocenters. The summed E-state index contributed by atoms with van der Waals surface area (Å²) >= 11 is 0. The van der Waals surface area contributed by atoms with Gasteiger partial charge in [-0.2, -0.15) is 0 Å². The molecule has 1 heterocycles. The summed E-state index contributed by atoms with van der Waals surface area (Å²) in [6.45, 7) is 8.47. The second kappa shape index (κ2) is 7.79. The molecule has 0 saturated carbocycles. The van der Waals surface area contributed by atoms with Crippen LogP contribution >= 0.6 is 0 Å². The van der Waals surface area contributed by atoms with E-state index in [1.54, 1.807) is 0 Å². The van der Waals surface area contributed by atoms with Gasteiger partial charge in [0.05, 0.1) is 0 Å². The molecule has 3 heteroatoms. The monoisotopic (exact) mass is 283 g/mol. The van der Waals surface area contributed by atoms with Crippen LogP contribution < -0.4 is 10.2 Å². The highest BCUT2D eigenvalue weighted by atomic mass is 15.2. The number of nitrogens with one attached hydrogen (secondary N) is 1. The Morgan fingerprint density at radius 1 is 1.10 bits per heavy atom. The van der Waals surface area contributed by atoms with E-state index in [2.05, 4.69) is 66.3 Å². The second-order valence-electron chi connectivity index (χ2n) is 5.17. The molecular weight excluding hydrogens is 258 g/mol. The molecule has 1 atom stereocenters. The average molecular weight is 283 g/mol. The molecule has 0 amide bonds. The van der Waals surface area contributed by atoms with E-state index < -0.39 is 0 Å². The lowest BCUT2D eigenvalue weighted by atomic mass is 10.1. The molecule has 2 rings (SSSR count). The first-order chi connectivity index (χ1) is 10.3. The first-order valence-electron chi connectivity index (χ1n) is 7.78. The Morgan fingerprint density at radius 2 is 1.86 bits per heavy atom. The summed E-state index contributed by atoms with van der Waals surface area (Å²) in [7, 11) is 0. The number of benzene rings is 1. The average Bonchev–Trinajstić information content (AvgIpc) is 2.55. The van der Waals surface area contributed by atoms with E-state index >= 15 is 0 Å². The van der Waals surface area contributed by atoms with Gasteiger partial charge >= 0.3 is 0 Å². The minimum atomic E-state index is 0.298. The zero-order valence-electron chi connectivity index (χ0n) is 13.2. The number of rotatable bonds is 7. The van der Waals surface area contributed by atoms with Gasteiger partial charge in [0, 0.05) is 30.0 Å². The third-order valence-corrected chi connectivity index (χ3v) is 3.62. The summed E-state index contributed by atoms with van der Waals surface area (Å²) in [6.07, 6.45) is 3.01. The van der Waals surface area contributed by atoms with E-state index in [0.29, 0.717) is 6.04 Å². The van der Waals surface area contributed by atoms with Gasteiger partial charge < -0.3 is 10.2 Å². The maximum absolute atomic E-state index is 4.64. The van der Waals surface area contributed by atoms with Crippen LogP contribution in [0, 0.1) is 0 Å². The van der Waals surface area contributed by atoms with Gasteiger partial charge in [-0.05, 0) is 45.0 Å². The van der Waals surface area contributed by atoms with Crippen LogP contribution in [0.5, 0.6) is 0 Å². The van der Waals surface area contributed by atoms with Crippen LogP contribution in [0.15, 0.2) is 48.7 Å². The van der Waals surface area contributed by atoms with Crippen molar-refractivity contribution in [3.63, 3.8) is 0 Å². The third kappa shape index (κ3) is 3.82. The molecule has 1 aromatic carbocycles. The van der Waals surface area contributed by atoms with Crippen LogP contribution in [0.2, 0.25) is 0 Å².